The SMILES string of the molecule is Cc1cc(NC2CCCCO2)c(C#N)c(B2OC(C)(C)C(C)(C)O2)c1C(F)(F)F. The molecule has 1 aromatic rings. The van der Waals surface area contributed by atoms with Crippen LogP contribution in [-0.4, -0.2) is 31.2 Å². The Balaban J connectivity index is 2.14. The molecule has 1 aromatic carbocycles. The van der Waals surface area contributed by atoms with Crippen molar-refractivity contribution in [3.63, 3.8) is 0 Å². The highest BCUT2D eigenvalue weighted by molar-refractivity contribution is 6.63. The first kappa shape index (κ1) is 21.9. The largest absolute Gasteiger partial charge is 0.496 e. The molecule has 29 heavy (non-hydrogen) atoms. The molecule has 0 amide bonds. The second-order valence-corrected chi connectivity index (χ2v) is 8.60. The molecule has 158 valence electrons. The second kappa shape index (κ2) is 7.49. The number of aryl methyl sites for hydroxylation is 1. The molecule has 2 heterocycles. The Bertz CT molecular complexity index is 812. The van der Waals surface area contributed by atoms with Crippen molar-refractivity contribution in [2.75, 3.05) is 11.9 Å². The number of halogens is 3. The summed E-state index contributed by atoms with van der Waals surface area (Å²) in [5.41, 5.74) is -2.67. The van der Waals surface area contributed by atoms with E-state index in [1.807, 2.05) is 6.07 Å². The summed E-state index contributed by atoms with van der Waals surface area (Å²) in [6.07, 6.45) is -2.40. The summed E-state index contributed by atoms with van der Waals surface area (Å²) in [7, 11) is -1.31. The van der Waals surface area contributed by atoms with Crippen LogP contribution in [0.5, 0.6) is 0 Å². The van der Waals surface area contributed by atoms with Crippen LogP contribution in [0.4, 0.5) is 18.9 Å². The van der Waals surface area contributed by atoms with Gasteiger partial charge in [0.2, 0.25) is 0 Å². The van der Waals surface area contributed by atoms with Gasteiger partial charge in [0.1, 0.15) is 12.3 Å². The van der Waals surface area contributed by atoms with Crippen LogP contribution in [0.15, 0.2) is 6.07 Å². The normalized spacial score (nSPS) is 23.7. The van der Waals surface area contributed by atoms with E-state index >= 15 is 0 Å². The fraction of sp³-hybridized carbons (Fsp3) is 0.650. The fourth-order valence-corrected chi connectivity index (χ4v) is 3.68. The van der Waals surface area contributed by atoms with Crippen LogP contribution in [0.25, 0.3) is 0 Å². The van der Waals surface area contributed by atoms with Crippen molar-refractivity contribution >= 4 is 18.3 Å². The molecule has 1 atom stereocenters. The van der Waals surface area contributed by atoms with Gasteiger partial charge in [0, 0.05) is 12.1 Å². The summed E-state index contributed by atoms with van der Waals surface area (Å²) in [6, 6.07) is 3.30. The van der Waals surface area contributed by atoms with Gasteiger partial charge >= 0.3 is 13.3 Å². The smallest absolute Gasteiger partial charge is 0.399 e. The van der Waals surface area contributed by atoms with Crippen molar-refractivity contribution < 1.29 is 27.2 Å². The number of nitrogens with zero attached hydrogens (tertiary/aromatic N) is 1. The van der Waals surface area contributed by atoms with E-state index in [9.17, 15) is 18.4 Å². The fourth-order valence-electron chi connectivity index (χ4n) is 3.68. The van der Waals surface area contributed by atoms with Crippen molar-refractivity contribution in [1.82, 2.24) is 0 Å². The van der Waals surface area contributed by atoms with E-state index in [1.54, 1.807) is 27.7 Å². The van der Waals surface area contributed by atoms with Crippen LogP contribution in [0.3, 0.4) is 0 Å². The summed E-state index contributed by atoms with van der Waals surface area (Å²) in [5.74, 6) is 0. The van der Waals surface area contributed by atoms with Gasteiger partial charge in [-0.25, -0.2) is 0 Å². The minimum absolute atomic E-state index is 0.000443. The molecule has 0 aliphatic carbocycles. The average molecular weight is 410 g/mol. The number of rotatable bonds is 3. The zero-order chi connectivity index (χ0) is 21.6. The summed E-state index contributed by atoms with van der Waals surface area (Å²) >= 11 is 0. The maximum Gasteiger partial charge on any atom is 0.496 e. The first-order valence-electron chi connectivity index (χ1n) is 9.76. The molecular formula is C20H26BF3N2O3. The molecule has 0 saturated carbocycles. The quantitative estimate of drug-likeness (QED) is 0.760. The van der Waals surface area contributed by atoms with E-state index in [2.05, 4.69) is 5.32 Å². The summed E-state index contributed by atoms with van der Waals surface area (Å²) in [4.78, 5) is 0. The molecule has 5 nitrogen and oxygen atoms in total. The maximum atomic E-state index is 14.0. The van der Waals surface area contributed by atoms with Gasteiger partial charge in [0.05, 0.1) is 28.0 Å². The topological polar surface area (TPSA) is 63.5 Å². The number of benzene rings is 1. The number of nitrogens with one attached hydrogen (secondary N) is 1. The van der Waals surface area contributed by atoms with Crippen LogP contribution in [-0.2, 0) is 20.2 Å². The summed E-state index contributed by atoms with van der Waals surface area (Å²) < 4.78 is 59.4. The third-order valence-corrected chi connectivity index (χ3v) is 5.94. The van der Waals surface area contributed by atoms with Crippen molar-refractivity contribution in [3.05, 3.63) is 22.8 Å². The summed E-state index contributed by atoms with van der Waals surface area (Å²) in [5, 5.41) is 12.9. The predicted octanol–water partition coefficient (Wildman–Crippen LogP) is 4.12. The molecule has 2 fully saturated rings. The molecule has 2 aliphatic rings. The maximum absolute atomic E-state index is 14.0. The van der Waals surface area contributed by atoms with Crippen molar-refractivity contribution in [2.45, 2.75) is 77.5 Å². The Hall–Kier alpha value is -1.76. The Labute approximate surface area is 169 Å². The zero-order valence-electron chi connectivity index (χ0n) is 17.4. The molecule has 0 bridgehead atoms. The average Bonchev–Trinajstić information content (AvgIpc) is 2.81. The van der Waals surface area contributed by atoms with Gasteiger partial charge in [-0.15, -0.1) is 0 Å². The number of nitriles is 1. The van der Waals surface area contributed by atoms with Gasteiger partial charge in [-0.2, -0.15) is 18.4 Å². The lowest BCUT2D eigenvalue weighted by Gasteiger charge is -2.32. The highest BCUT2D eigenvalue weighted by Crippen LogP contribution is 2.40. The molecule has 0 spiro atoms. The highest BCUT2D eigenvalue weighted by atomic mass is 19.4. The Kier molecular flexibility index (Phi) is 5.67. The molecule has 0 radical (unpaired) electrons. The van der Waals surface area contributed by atoms with Crippen LogP contribution in [0.2, 0.25) is 0 Å². The van der Waals surface area contributed by atoms with E-state index in [0.717, 1.165) is 19.3 Å². The standard InChI is InChI=1S/C20H26BF3N2O3/c1-12-10-14(26-15-8-6-7-9-27-15)13(11-25)17(16(12)20(22,23)24)21-28-18(2,3)19(4,5)29-21/h10,15,26H,6-9H2,1-5H3. The molecule has 2 saturated heterocycles. The highest BCUT2D eigenvalue weighted by Gasteiger charge is 2.55. The summed E-state index contributed by atoms with van der Waals surface area (Å²) in [6.45, 7) is 9.00. The van der Waals surface area contributed by atoms with Gasteiger partial charge < -0.3 is 19.4 Å². The molecule has 1 unspecified atom stereocenters. The number of alkyl halides is 3. The van der Waals surface area contributed by atoms with E-state index in [1.165, 1.54) is 13.0 Å². The number of hydrogen-bond donors (Lipinski definition) is 1. The lowest BCUT2D eigenvalue weighted by molar-refractivity contribution is -0.137. The number of ether oxygens (including phenoxy) is 1. The van der Waals surface area contributed by atoms with Crippen molar-refractivity contribution in [1.29, 1.82) is 5.26 Å². The van der Waals surface area contributed by atoms with Gasteiger partial charge in [0.15, 0.2) is 0 Å². The van der Waals surface area contributed by atoms with Gasteiger partial charge in [-0.1, -0.05) is 0 Å². The van der Waals surface area contributed by atoms with E-state index in [0.29, 0.717) is 12.3 Å². The van der Waals surface area contributed by atoms with Crippen molar-refractivity contribution in [3.8, 4) is 6.07 Å². The Morgan fingerprint density at radius 1 is 1.17 bits per heavy atom. The third-order valence-electron chi connectivity index (χ3n) is 5.94. The molecule has 1 N–H and O–H groups in total. The van der Waals surface area contributed by atoms with E-state index in [4.69, 9.17) is 14.0 Å². The van der Waals surface area contributed by atoms with Crippen LogP contribution in [0.1, 0.15) is 63.6 Å². The molecule has 2 aliphatic heterocycles. The van der Waals surface area contributed by atoms with Crippen molar-refractivity contribution in [2.24, 2.45) is 0 Å². The molecule has 3 rings (SSSR count). The predicted molar refractivity (Wildman–Crippen MR) is 104 cm³/mol. The zero-order valence-corrected chi connectivity index (χ0v) is 17.4. The molecular weight excluding hydrogens is 384 g/mol. The Morgan fingerprint density at radius 2 is 1.79 bits per heavy atom. The van der Waals surface area contributed by atoms with E-state index < -0.39 is 30.1 Å². The van der Waals surface area contributed by atoms with Crippen LogP contribution in [0, 0.1) is 18.3 Å². The second-order valence-electron chi connectivity index (χ2n) is 8.60. The number of hydrogen-bond acceptors (Lipinski definition) is 5. The van der Waals surface area contributed by atoms with Crippen LogP contribution < -0.4 is 10.8 Å². The van der Waals surface area contributed by atoms with Gasteiger partial charge in [0.25, 0.3) is 0 Å². The monoisotopic (exact) mass is 410 g/mol. The van der Waals surface area contributed by atoms with Crippen LogP contribution >= 0.6 is 0 Å². The Morgan fingerprint density at radius 3 is 2.28 bits per heavy atom. The minimum Gasteiger partial charge on any atom is -0.399 e. The van der Waals surface area contributed by atoms with Gasteiger partial charge in [-0.05, 0) is 65.5 Å². The first-order valence-corrected chi connectivity index (χ1v) is 9.76. The third kappa shape index (κ3) is 4.11. The number of anilines is 1. The first-order chi connectivity index (χ1) is 13.4. The lowest BCUT2D eigenvalue weighted by Crippen LogP contribution is -2.42. The molecule has 9 heteroatoms. The minimum atomic E-state index is -4.66. The van der Waals surface area contributed by atoms with E-state index in [-0.39, 0.29) is 22.8 Å². The molecule has 0 aromatic heterocycles. The lowest BCUT2D eigenvalue weighted by atomic mass is 9.71. The van der Waals surface area contributed by atoms with Gasteiger partial charge in [-0.3, -0.25) is 0 Å².